The molecule has 0 aliphatic carbocycles. The van der Waals surface area contributed by atoms with Gasteiger partial charge in [0.15, 0.2) is 0 Å². The normalized spacial score (nSPS) is 16.1. The molecule has 3 rings (SSSR count). The van der Waals surface area contributed by atoms with Gasteiger partial charge in [0, 0.05) is 12.1 Å². The van der Waals surface area contributed by atoms with Crippen LogP contribution in [0.5, 0.6) is 0 Å². The molecule has 1 fully saturated rings. The maximum Gasteiger partial charge on any atom is 0.416 e. The third kappa shape index (κ3) is 4.39. The van der Waals surface area contributed by atoms with E-state index in [-0.39, 0.29) is 16.6 Å². The fraction of sp³-hybridized carbons (Fsp3) is 0.111. The molecule has 0 bridgehead atoms. The van der Waals surface area contributed by atoms with Crippen LogP contribution in [-0.2, 0) is 17.5 Å². The minimum Gasteiger partial charge on any atom is -0.288 e. The average Bonchev–Trinajstić information content (AvgIpc) is 2.89. The number of nitro benzene ring substituents is 1. The van der Waals surface area contributed by atoms with Crippen molar-refractivity contribution in [3.63, 3.8) is 0 Å². The quantitative estimate of drug-likeness (QED) is 0.299. The van der Waals surface area contributed by atoms with Crippen LogP contribution in [0.3, 0.4) is 0 Å². The van der Waals surface area contributed by atoms with Crippen LogP contribution in [0, 0.1) is 10.1 Å². The summed E-state index contributed by atoms with van der Waals surface area (Å²) in [6, 6.07) is 10.3. The van der Waals surface area contributed by atoms with Gasteiger partial charge in [-0.15, -0.1) is 0 Å². The van der Waals surface area contributed by atoms with Crippen molar-refractivity contribution >= 4 is 46.0 Å². The number of amides is 1. The largest absolute Gasteiger partial charge is 0.416 e. The Labute approximate surface area is 167 Å². The predicted octanol–water partition coefficient (Wildman–Crippen LogP) is 5.02. The molecule has 1 saturated heterocycles. The lowest BCUT2D eigenvalue weighted by atomic mass is 10.1. The molecule has 1 aliphatic heterocycles. The Bertz CT molecular complexity index is 988. The molecule has 10 heteroatoms. The van der Waals surface area contributed by atoms with Crippen molar-refractivity contribution in [2.45, 2.75) is 12.7 Å². The van der Waals surface area contributed by atoms with Crippen LogP contribution in [0.25, 0.3) is 6.08 Å². The van der Waals surface area contributed by atoms with Gasteiger partial charge in [-0.3, -0.25) is 19.8 Å². The molecular formula is C18H11F3N2O3S2. The molecule has 0 atom stereocenters. The zero-order chi connectivity index (χ0) is 20.5. The molecule has 0 N–H and O–H groups in total. The first-order valence-electron chi connectivity index (χ1n) is 7.81. The molecule has 0 unspecified atom stereocenters. The van der Waals surface area contributed by atoms with Gasteiger partial charge in [-0.05, 0) is 41.5 Å². The van der Waals surface area contributed by atoms with Crippen molar-refractivity contribution in [2.24, 2.45) is 0 Å². The number of non-ortho nitro benzene ring substituents is 1. The summed E-state index contributed by atoms with van der Waals surface area (Å²) < 4.78 is 38.8. The SMILES string of the molecule is O=C1/C(=C/c2ccc([N+](=O)[O-])cc2)SC(=S)N1Cc1cccc(C(F)(F)F)c1. The third-order valence-electron chi connectivity index (χ3n) is 3.87. The predicted molar refractivity (Wildman–Crippen MR) is 103 cm³/mol. The van der Waals surface area contributed by atoms with Gasteiger partial charge in [-0.2, -0.15) is 13.2 Å². The number of hydrogen-bond donors (Lipinski definition) is 0. The Morgan fingerprint density at radius 3 is 2.46 bits per heavy atom. The zero-order valence-corrected chi connectivity index (χ0v) is 15.6. The van der Waals surface area contributed by atoms with E-state index in [1.54, 1.807) is 0 Å². The minimum atomic E-state index is -4.47. The van der Waals surface area contributed by atoms with Crippen molar-refractivity contribution < 1.29 is 22.9 Å². The number of thiocarbonyl (C=S) groups is 1. The van der Waals surface area contributed by atoms with Crippen molar-refractivity contribution in [3.8, 4) is 0 Å². The van der Waals surface area contributed by atoms with Gasteiger partial charge in [0.1, 0.15) is 4.32 Å². The second-order valence-corrected chi connectivity index (χ2v) is 7.49. The number of rotatable bonds is 4. The van der Waals surface area contributed by atoms with Gasteiger partial charge in [-0.25, -0.2) is 0 Å². The summed E-state index contributed by atoms with van der Waals surface area (Å²) in [5.41, 5.74) is 0.0130. The van der Waals surface area contributed by atoms with Crippen LogP contribution in [0.15, 0.2) is 53.4 Å². The highest BCUT2D eigenvalue weighted by Crippen LogP contribution is 2.35. The molecular weight excluding hydrogens is 413 g/mol. The summed E-state index contributed by atoms with van der Waals surface area (Å²) >= 11 is 6.22. The molecule has 2 aromatic carbocycles. The van der Waals surface area contributed by atoms with Crippen LogP contribution < -0.4 is 0 Å². The second-order valence-electron chi connectivity index (χ2n) is 5.81. The highest BCUT2D eigenvalue weighted by Gasteiger charge is 2.33. The summed E-state index contributed by atoms with van der Waals surface area (Å²) in [5, 5.41) is 10.7. The zero-order valence-electron chi connectivity index (χ0n) is 14.0. The first-order chi connectivity index (χ1) is 13.1. The summed E-state index contributed by atoms with van der Waals surface area (Å²) in [5.74, 6) is -0.425. The van der Waals surface area contributed by atoms with E-state index in [4.69, 9.17) is 12.2 Å². The molecule has 2 aromatic rings. The highest BCUT2D eigenvalue weighted by atomic mass is 32.2. The lowest BCUT2D eigenvalue weighted by molar-refractivity contribution is -0.384. The molecule has 144 valence electrons. The number of nitro groups is 1. The fourth-order valence-electron chi connectivity index (χ4n) is 2.51. The number of carbonyl (C=O) groups excluding carboxylic acids is 1. The number of alkyl halides is 3. The molecule has 0 aromatic heterocycles. The van der Waals surface area contributed by atoms with Crippen molar-refractivity contribution in [2.75, 3.05) is 0 Å². The Balaban J connectivity index is 1.79. The van der Waals surface area contributed by atoms with E-state index in [0.29, 0.717) is 16.0 Å². The van der Waals surface area contributed by atoms with E-state index in [9.17, 15) is 28.1 Å². The van der Waals surface area contributed by atoms with E-state index in [1.807, 2.05) is 0 Å². The molecule has 1 heterocycles. The van der Waals surface area contributed by atoms with Crippen LogP contribution in [0.2, 0.25) is 0 Å². The summed E-state index contributed by atoms with van der Waals surface area (Å²) in [4.78, 5) is 24.3. The molecule has 0 spiro atoms. The molecule has 1 amide bonds. The lowest BCUT2D eigenvalue weighted by Gasteiger charge is -2.15. The average molecular weight is 424 g/mol. The number of nitrogens with zero attached hydrogens (tertiary/aromatic N) is 2. The van der Waals surface area contributed by atoms with E-state index in [2.05, 4.69) is 0 Å². The summed E-state index contributed by atoms with van der Waals surface area (Å²) in [6.45, 7) is -0.0772. The van der Waals surface area contributed by atoms with Crippen LogP contribution in [0.1, 0.15) is 16.7 Å². The van der Waals surface area contributed by atoms with Gasteiger partial charge in [0.2, 0.25) is 0 Å². The van der Waals surface area contributed by atoms with Crippen LogP contribution in [0.4, 0.5) is 18.9 Å². The fourth-order valence-corrected chi connectivity index (χ4v) is 3.76. The van der Waals surface area contributed by atoms with Gasteiger partial charge in [-0.1, -0.05) is 36.1 Å². The number of carbonyl (C=O) groups is 1. The lowest BCUT2D eigenvalue weighted by Crippen LogP contribution is -2.27. The first kappa shape index (κ1) is 20.0. The maximum absolute atomic E-state index is 12.9. The number of benzene rings is 2. The van der Waals surface area contributed by atoms with Crippen LogP contribution >= 0.6 is 24.0 Å². The Kier molecular flexibility index (Phi) is 5.52. The smallest absolute Gasteiger partial charge is 0.288 e. The maximum atomic E-state index is 12.9. The van der Waals surface area contributed by atoms with E-state index in [1.165, 1.54) is 47.4 Å². The van der Waals surface area contributed by atoms with Gasteiger partial charge in [0.25, 0.3) is 11.6 Å². The van der Waals surface area contributed by atoms with Gasteiger partial charge < -0.3 is 0 Å². The topological polar surface area (TPSA) is 63.4 Å². The molecule has 0 saturated carbocycles. The standard InChI is InChI=1S/C18H11F3N2O3S2/c19-18(20,21)13-3-1-2-12(8-13)10-22-16(24)15(28-17(22)27)9-11-4-6-14(7-5-11)23(25)26/h1-9H,10H2/b15-9-. The summed E-state index contributed by atoms with van der Waals surface area (Å²) in [7, 11) is 0. The van der Waals surface area contributed by atoms with E-state index in [0.717, 1.165) is 23.9 Å². The number of thioether (sulfide) groups is 1. The third-order valence-corrected chi connectivity index (χ3v) is 5.25. The van der Waals surface area contributed by atoms with Crippen molar-refractivity contribution in [1.82, 2.24) is 4.90 Å². The van der Waals surface area contributed by atoms with Crippen LogP contribution in [-0.4, -0.2) is 20.1 Å². The van der Waals surface area contributed by atoms with E-state index >= 15 is 0 Å². The van der Waals surface area contributed by atoms with Gasteiger partial charge in [0.05, 0.1) is 21.9 Å². The summed E-state index contributed by atoms with van der Waals surface area (Å²) in [6.07, 6.45) is -2.93. The second kappa shape index (κ2) is 7.72. The van der Waals surface area contributed by atoms with E-state index < -0.39 is 22.6 Å². The van der Waals surface area contributed by atoms with Gasteiger partial charge >= 0.3 is 6.18 Å². The van der Waals surface area contributed by atoms with Crippen molar-refractivity contribution in [3.05, 3.63) is 80.2 Å². The number of halogens is 3. The highest BCUT2D eigenvalue weighted by molar-refractivity contribution is 8.26. The van der Waals surface area contributed by atoms with Crippen molar-refractivity contribution in [1.29, 1.82) is 0 Å². The molecule has 28 heavy (non-hydrogen) atoms. The Hall–Kier alpha value is -2.72. The molecule has 1 aliphatic rings. The minimum absolute atomic E-state index is 0.0748. The number of hydrogen-bond acceptors (Lipinski definition) is 5. The Morgan fingerprint density at radius 2 is 1.86 bits per heavy atom. The monoisotopic (exact) mass is 424 g/mol. The molecule has 5 nitrogen and oxygen atoms in total. The Morgan fingerprint density at radius 1 is 1.18 bits per heavy atom. The first-order valence-corrected chi connectivity index (χ1v) is 9.03. The molecule has 0 radical (unpaired) electrons.